The van der Waals surface area contributed by atoms with Gasteiger partial charge in [-0.3, -0.25) is 0 Å². The lowest BCUT2D eigenvalue weighted by atomic mass is 10.1. The Kier molecular flexibility index (Phi) is 2.85. The minimum Gasteiger partial charge on any atom is -0.307 e. The maximum Gasteiger partial charge on any atom is 0.0991 e. The van der Waals surface area contributed by atoms with Gasteiger partial charge < -0.3 is 4.57 Å². The SMILES string of the molecule is C=C(C)/C=C(/C)C(=C)n1ccnc1. The van der Waals surface area contributed by atoms with Crippen molar-refractivity contribution in [2.45, 2.75) is 13.8 Å². The average molecular weight is 174 g/mol. The predicted molar refractivity (Wildman–Crippen MR) is 56.1 cm³/mol. The minimum atomic E-state index is 0.931. The monoisotopic (exact) mass is 174 g/mol. The average Bonchev–Trinajstić information content (AvgIpc) is 2.53. The van der Waals surface area contributed by atoms with E-state index in [0.29, 0.717) is 0 Å². The van der Waals surface area contributed by atoms with Crippen molar-refractivity contribution in [3.05, 3.63) is 49.1 Å². The molecule has 0 radical (unpaired) electrons. The van der Waals surface area contributed by atoms with Crippen LogP contribution in [0.3, 0.4) is 0 Å². The normalized spacial score (nSPS) is 11.4. The van der Waals surface area contributed by atoms with Crippen molar-refractivity contribution < 1.29 is 0 Å². The summed E-state index contributed by atoms with van der Waals surface area (Å²) in [5.41, 5.74) is 3.06. The van der Waals surface area contributed by atoms with Gasteiger partial charge in [-0.05, 0) is 19.4 Å². The van der Waals surface area contributed by atoms with Gasteiger partial charge in [0, 0.05) is 18.1 Å². The van der Waals surface area contributed by atoms with Gasteiger partial charge >= 0.3 is 0 Å². The molecule has 0 N–H and O–H groups in total. The van der Waals surface area contributed by atoms with Crippen LogP contribution in [0, 0.1) is 0 Å². The zero-order chi connectivity index (χ0) is 9.84. The molecule has 0 unspecified atom stereocenters. The fourth-order valence-corrected chi connectivity index (χ4v) is 1.08. The summed E-state index contributed by atoms with van der Waals surface area (Å²) >= 11 is 0. The minimum absolute atomic E-state index is 0.931. The third-order valence-corrected chi connectivity index (χ3v) is 1.73. The largest absolute Gasteiger partial charge is 0.307 e. The highest BCUT2D eigenvalue weighted by atomic mass is 15.0. The van der Waals surface area contributed by atoms with Crippen LogP contribution in [0.1, 0.15) is 13.8 Å². The highest BCUT2D eigenvalue weighted by Gasteiger charge is 1.98. The molecule has 0 aliphatic rings. The van der Waals surface area contributed by atoms with Crippen molar-refractivity contribution in [1.82, 2.24) is 9.55 Å². The van der Waals surface area contributed by atoms with Crippen LogP contribution in [0.25, 0.3) is 5.70 Å². The van der Waals surface area contributed by atoms with E-state index in [9.17, 15) is 0 Å². The van der Waals surface area contributed by atoms with E-state index in [4.69, 9.17) is 0 Å². The van der Waals surface area contributed by atoms with E-state index in [0.717, 1.165) is 16.8 Å². The number of rotatable bonds is 3. The number of allylic oxidation sites excluding steroid dienone is 4. The Labute approximate surface area is 78.9 Å². The smallest absolute Gasteiger partial charge is 0.0991 e. The van der Waals surface area contributed by atoms with E-state index in [1.54, 1.807) is 12.5 Å². The molecule has 1 rings (SSSR count). The maximum absolute atomic E-state index is 3.96. The first-order valence-electron chi connectivity index (χ1n) is 4.12. The standard InChI is InChI=1S/C11H14N2/c1-9(2)7-10(3)11(4)13-6-5-12-8-13/h5-8H,1,4H2,2-3H3/b10-7-. The van der Waals surface area contributed by atoms with Crippen molar-refractivity contribution in [3.63, 3.8) is 0 Å². The Morgan fingerprint density at radius 1 is 1.38 bits per heavy atom. The number of imidazole rings is 1. The molecule has 0 fully saturated rings. The number of nitrogens with zero attached hydrogens (tertiary/aromatic N) is 2. The molecule has 1 aromatic rings. The summed E-state index contributed by atoms with van der Waals surface area (Å²) in [5, 5.41) is 0. The van der Waals surface area contributed by atoms with Crippen LogP contribution < -0.4 is 0 Å². The molecule has 13 heavy (non-hydrogen) atoms. The summed E-state index contributed by atoms with van der Waals surface area (Å²) in [6.45, 7) is 11.8. The van der Waals surface area contributed by atoms with Gasteiger partial charge in [-0.2, -0.15) is 0 Å². The Hall–Kier alpha value is -1.57. The zero-order valence-corrected chi connectivity index (χ0v) is 8.12. The summed E-state index contributed by atoms with van der Waals surface area (Å²) in [4.78, 5) is 3.96. The van der Waals surface area contributed by atoms with E-state index in [2.05, 4.69) is 18.1 Å². The van der Waals surface area contributed by atoms with E-state index in [-0.39, 0.29) is 0 Å². The lowest BCUT2D eigenvalue weighted by Gasteiger charge is -2.06. The fourth-order valence-electron chi connectivity index (χ4n) is 1.08. The second-order valence-corrected chi connectivity index (χ2v) is 3.09. The molecule has 1 heterocycles. The zero-order valence-electron chi connectivity index (χ0n) is 8.12. The molecule has 0 atom stereocenters. The lowest BCUT2D eigenvalue weighted by molar-refractivity contribution is 1.08. The molecule has 68 valence electrons. The molecule has 0 spiro atoms. The summed E-state index contributed by atoms with van der Waals surface area (Å²) in [6.07, 6.45) is 7.34. The van der Waals surface area contributed by atoms with Crippen LogP contribution in [0.2, 0.25) is 0 Å². The third-order valence-electron chi connectivity index (χ3n) is 1.73. The van der Waals surface area contributed by atoms with Crippen molar-refractivity contribution in [1.29, 1.82) is 0 Å². The quantitative estimate of drug-likeness (QED) is 0.644. The molecule has 0 amide bonds. The molecule has 0 aromatic carbocycles. The van der Waals surface area contributed by atoms with E-state index < -0.39 is 0 Å². The van der Waals surface area contributed by atoms with Gasteiger partial charge in [0.2, 0.25) is 0 Å². The van der Waals surface area contributed by atoms with Gasteiger partial charge in [-0.1, -0.05) is 24.8 Å². The van der Waals surface area contributed by atoms with E-state index >= 15 is 0 Å². The molecular weight excluding hydrogens is 160 g/mol. The number of aromatic nitrogens is 2. The van der Waals surface area contributed by atoms with Crippen molar-refractivity contribution in [2.75, 3.05) is 0 Å². The Bertz CT molecular complexity index is 342. The van der Waals surface area contributed by atoms with Crippen LogP contribution >= 0.6 is 0 Å². The molecule has 0 aliphatic carbocycles. The van der Waals surface area contributed by atoms with Gasteiger partial charge in [0.05, 0.1) is 6.33 Å². The highest BCUT2D eigenvalue weighted by molar-refractivity contribution is 5.62. The first-order chi connectivity index (χ1) is 6.11. The van der Waals surface area contributed by atoms with Gasteiger partial charge in [-0.15, -0.1) is 0 Å². The molecule has 0 saturated carbocycles. The van der Waals surface area contributed by atoms with Gasteiger partial charge in [0.25, 0.3) is 0 Å². The second-order valence-electron chi connectivity index (χ2n) is 3.09. The van der Waals surface area contributed by atoms with Crippen LogP contribution in [0.5, 0.6) is 0 Å². The molecule has 0 saturated heterocycles. The Morgan fingerprint density at radius 2 is 2.08 bits per heavy atom. The van der Waals surface area contributed by atoms with Crippen LogP contribution in [0.15, 0.2) is 49.1 Å². The maximum atomic E-state index is 3.96. The van der Waals surface area contributed by atoms with Crippen LogP contribution in [-0.4, -0.2) is 9.55 Å². The fraction of sp³-hybridized carbons (Fsp3) is 0.182. The summed E-state index contributed by atoms with van der Waals surface area (Å²) in [5.74, 6) is 0. The molecule has 2 nitrogen and oxygen atoms in total. The van der Waals surface area contributed by atoms with Crippen molar-refractivity contribution in [3.8, 4) is 0 Å². The first-order valence-corrected chi connectivity index (χ1v) is 4.12. The Balaban J connectivity index is 2.86. The second kappa shape index (κ2) is 3.90. The lowest BCUT2D eigenvalue weighted by Crippen LogP contribution is -1.93. The van der Waals surface area contributed by atoms with E-state index in [1.165, 1.54) is 0 Å². The summed E-state index contributed by atoms with van der Waals surface area (Å²) in [6, 6.07) is 0. The summed E-state index contributed by atoms with van der Waals surface area (Å²) in [7, 11) is 0. The highest BCUT2D eigenvalue weighted by Crippen LogP contribution is 2.13. The predicted octanol–water partition coefficient (Wildman–Crippen LogP) is 2.88. The molecule has 0 bridgehead atoms. The number of hydrogen-bond acceptors (Lipinski definition) is 1. The van der Waals surface area contributed by atoms with Crippen molar-refractivity contribution in [2.24, 2.45) is 0 Å². The topological polar surface area (TPSA) is 17.8 Å². The Morgan fingerprint density at radius 3 is 2.54 bits per heavy atom. The van der Waals surface area contributed by atoms with E-state index in [1.807, 2.05) is 30.7 Å². The number of hydrogen-bond donors (Lipinski definition) is 0. The molecular formula is C11H14N2. The third kappa shape index (κ3) is 2.44. The van der Waals surface area contributed by atoms with Gasteiger partial charge in [0.15, 0.2) is 0 Å². The van der Waals surface area contributed by atoms with Gasteiger partial charge in [-0.25, -0.2) is 4.98 Å². The summed E-state index contributed by atoms with van der Waals surface area (Å²) < 4.78 is 1.88. The van der Waals surface area contributed by atoms with Crippen molar-refractivity contribution >= 4 is 5.70 Å². The van der Waals surface area contributed by atoms with Crippen LogP contribution in [-0.2, 0) is 0 Å². The van der Waals surface area contributed by atoms with Gasteiger partial charge in [0.1, 0.15) is 0 Å². The molecule has 2 heteroatoms. The first kappa shape index (κ1) is 9.52. The molecule has 1 aromatic heterocycles. The van der Waals surface area contributed by atoms with Crippen LogP contribution in [0.4, 0.5) is 0 Å². The molecule has 0 aliphatic heterocycles.